The van der Waals surface area contributed by atoms with Crippen molar-refractivity contribution < 1.29 is 59.4 Å². The second kappa shape index (κ2) is 14.9. The lowest BCUT2D eigenvalue weighted by Crippen LogP contribution is -2.65. The fourth-order valence-electron chi connectivity index (χ4n) is 5.19. The lowest BCUT2D eigenvalue weighted by atomic mass is 9.89. The highest BCUT2D eigenvalue weighted by Gasteiger charge is 2.51. The lowest BCUT2D eigenvalue weighted by molar-refractivity contribution is -0.345. The van der Waals surface area contributed by atoms with Gasteiger partial charge in [0.1, 0.15) is 48.8 Å². The van der Waals surface area contributed by atoms with E-state index in [9.17, 15) is 35.7 Å². The third-order valence-electron chi connectivity index (χ3n) is 7.46. The molecule has 0 radical (unpaired) electrons. The molecular formula is C25H47NO12. The van der Waals surface area contributed by atoms with E-state index in [1.54, 1.807) is 0 Å². The van der Waals surface area contributed by atoms with Crippen LogP contribution >= 0.6 is 0 Å². The molecule has 7 N–H and O–H groups in total. The van der Waals surface area contributed by atoms with Crippen molar-refractivity contribution in [3.63, 3.8) is 0 Å². The largest absolute Gasteiger partial charge is 0.394 e. The van der Waals surface area contributed by atoms with Gasteiger partial charge in [-0.1, -0.05) is 33.6 Å². The predicted molar refractivity (Wildman–Crippen MR) is 132 cm³/mol. The van der Waals surface area contributed by atoms with E-state index in [4.69, 9.17) is 23.7 Å². The van der Waals surface area contributed by atoms with Crippen molar-refractivity contribution in [1.82, 2.24) is 4.90 Å². The SMILES string of the molecule is CCCCCN1CC(CO)OC(OCC2OC(C(C)C)C(O)C(OC3OC(CO)C(O)C(O)C3O)C2O)C1. The summed E-state index contributed by atoms with van der Waals surface area (Å²) in [7, 11) is 0. The first-order chi connectivity index (χ1) is 18.1. The number of rotatable bonds is 12. The van der Waals surface area contributed by atoms with Crippen molar-refractivity contribution in [2.45, 2.75) is 114 Å². The van der Waals surface area contributed by atoms with Crippen LogP contribution in [-0.2, 0) is 23.7 Å². The highest BCUT2D eigenvalue weighted by molar-refractivity contribution is 4.96. The van der Waals surface area contributed by atoms with Crippen LogP contribution in [0.2, 0.25) is 0 Å². The Labute approximate surface area is 223 Å². The molecule has 3 aliphatic rings. The zero-order valence-corrected chi connectivity index (χ0v) is 22.5. The number of aliphatic hydroxyl groups excluding tert-OH is 7. The molecule has 224 valence electrons. The minimum absolute atomic E-state index is 0.0999. The van der Waals surface area contributed by atoms with Gasteiger partial charge in [-0.25, -0.2) is 0 Å². The summed E-state index contributed by atoms with van der Waals surface area (Å²) in [5.41, 5.74) is 0. The topological polar surface area (TPSA) is 191 Å². The Morgan fingerprint density at radius 1 is 0.816 bits per heavy atom. The van der Waals surface area contributed by atoms with Crippen molar-refractivity contribution in [3.05, 3.63) is 0 Å². The molecule has 0 bridgehead atoms. The van der Waals surface area contributed by atoms with E-state index >= 15 is 0 Å². The normalized spacial score (nSPS) is 43.0. The molecule has 3 fully saturated rings. The van der Waals surface area contributed by atoms with Crippen molar-refractivity contribution in [3.8, 4) is 0 Å². The molecule has 3 aliphatic heterocycles. The van der Waals surface area contributed by atoms with E-state index in [1.165, 1.54) is 0 Å². The van der Waals surface area contributed by atoms with Gasteiger partial charge < -0.3 is 59.4 Å². The number of hydrogen-bond donors (Lipinski definition) is 7. The van der Waals surface area contributed by atoms with Gasteiger partial charge in [-0.3, -0.25) is 4.90 Å². The molecule has 0 aromatic carbocycles. The van der Waals surface area contributed by atoms with Gasteiger partial charge in [-0.15, -0.1) is 0 Å². The summed E-state index contributed by atoms with van der Waals surface area (Å²) >= 11 is 0. The Hall–Kier alpha value is -0.520. The first kappa shape index (κ1) is 32.0. The predicted octanol–water partition coefficient (Wildman–Crippen LogP) is -2.46. The number of unbranched alkanes of at least 4 members (excludes halogenated alkanes) is 2. The highest BCUT2D eigenvalue weighted by atomic mass is 16.7. The molecule has 3 heterocycles. The number of hydrogen-bond acceptors (Lipinski definition) is 13. The van der Waals surface area contributed by atoms with Crippen molar-refractivity contribution in [2.24, 2.45) is 5.92 Å². The fourth-order valence-corrected chi connectivity index (χ4v) is 5.19. The molecule has 0 aliphatic carbocycles. The van der Waals surface area contributed by atoms with E-state index in [0.29, 0.717) is 13.1 Å². The van der Waals surface area contributed by atoms with E-state index in [2.05, 4.69) is 11.8 Å². The fraction of sp³-hybridized carbons (Fsp3) is 1.00. The molecular weight excluding hydrogens is 506 g/mol. The van der Waals surface area contributed by atoms with Gasteiger partial charge in [0.15, 0.2) is 12.6 Å². The zero-order valence-electron chi connectivity index (χ0n) is 22.5. The van der Waals surface area contributed by atoms with Crippen molar-refractivity contribution in [2.75, 3.05) is 39.5 Å². The van der Waals surface area contributed by atoms with Crippen molar-refractivity contribution in [1.29, 1.82) is 0 Å². The van der Waals surface area contributed by atoms with Gasteiger partial charge >= 0.3 is 0 Å². The van der Waals surface area contributed by atoms with Crippen LogP contribution in [0, 0.1) is 5.92 Å². The Morgan fingerprint density at radius 2 is 1.55 bits per heavy atom. The van der Waals surface area contributed by atoms with Gasteiger partial charge in [-0.2, -0.15) is 0 Å². The number of nitrogens with zero attached hydrogens (tertiary/aromatic N) is 1. The third-order valence-corrected chi connectivity index (χ3v) is 7.46. The number of ether oxygens (including phenoxy) is 5. The molecule has 13 nitrogen and oxygen atoms in total. The van der Waals surface area contributed by atoms with E-state index in [-0.39, 0.29) is 19.1 Å². The molecule has 12 atom stereocenters. The average Bonchev–Trinajstić information content (AvgIpc) is 2.90. The van der Waals surface area contributed by atoms with Gasteiger partial charge in [0.05, 0.1) is 32.0 Å². The standard InChI is InChI=1S/C25H47NO12/c1-4-5-6-7-26-8-14(10-27)35-17(9-26)34-12-16-19(30)24(22(33)23(36-16)13(2)3)38-25-21(32)20(31)18(29)15(11-28)37-25/h13-25,27-33H,4-12H2,1-3H3. The summed E-state index contributed by atoms with van der Waals surface area (Å²) in [6, 6.07) is 0. The van der Waals surface area contributed by atoms with Crippen LogP contribution in [0.4, 0.5) is 0 Å². The van der Waals surface area contributed by atoms with Crippen LogP contribution in [-0.4, -0.2) is 154 Å². The van der Waals surface area contributed by atoms with Gasteiger partial charge in [0.2, 0.25) is 0 Å². The maximum Gasteiger partial charge on any atom is 0.187 e. The Kier molecular flexibility index (Phi) is 12.6. The second-order valence-corrected chi connectivity index (χ2v) is 10.8. The summed E-state index contributed by atoms with van der Waals surface area (Å²) in [4.78, 5) is 2.18. The van der Waals surface area contributed by atoms with Crippen LogP contribution in [0.5, 0.6) is 0 Å². The summed E-state index contributed by atoms with van der Waals surface area (Å²) in [5, 5.41) is 71.7. The molecule has 38 heavy (non-hydrogen) atoms. The maximum absolute atomic E-state index is 11.1. The molecule has 12 unspecified atom stereocenters. The van der Waals surface area contributed by atoms with Gasteiger partial charge in [0, 0.05) is 13.1 Å². The number of morpholine rings is 1. The zero-order chi connectivity index (χ0) is 28.0. The third kappa shape index (κ3) is 7.81. The maximum atomic E-state index is 11.1. The van der Waals surface area contributed by atoms with Crippen LogP contribution in [0.25, 0.3) is 0 Å². The van der Waals surface area contributed by atoms with Crippen LogP contribution in [0.1, 0.15) is 40.0 Å². The van der Waals surface area contributed by atoms with Crippen LogP contribution in [0.15, 0.2) is 0 Å². The average molecular weight is 554 g/mol. The monoisotopic (exact) mass is 553 g/mol. The van der Waals surface area contributed by atoms with Crippen LogP contribution < -0.4 is 0 Å². The minimum Gasteiger partial charge on any atom is -0.394 e. The molecule has 0 aromatic rings. The minimum atomic E-state index is -1.69. The molecule has 0 amide bonds. The second-order valence-electron chi connectivity index (χ2n) is 10.8. The van der Waals surface area contributed by atoms with Gasteiger partial charge in [-0.05, 0) is 18.9 Å². The van der Waals surface area contributed by atoms with Crippen molar-refractivity contribution >= 4 is 0 Å². The lowest BCUT2D eigenvalue weighted by Gasteiger charge is -2.47. The van der Waals surface area contributed by atoms with E-state index < -0.39 is 80.2 Å². The molecule has 0 spiro atoms. The molecule has 0 aromatic heterocycles. The number of aliphatic hydroxyl groups is 7. The molecule has 0 saturated carbocycles. The summed E-state index contributed by atoms with van der Waals surface area (Å²) < 4.78 is 29.0. The summed E-state index contributed by atoms with van der Waals surface area (Å²) in [5.74, 6) is -0.181. The molecule has 3 saturated heterocycles. The van der Waals surface area contributed by atoms with Crippen LogP contribution in [0.3, 0.4) is 0 Å². The molecule has 13 heteroatoms. The molecule has 3 rings (SSSR count). The Balaban J connectivity index is 1.67. The summed E-state index contributed by atoms with van der Waals surface area (Å²) in [6.45, 7) is 6.85. The highest BCUT2D eigenvalue weighted by Crippen LogP contribution is 2.32. The quantitative estimate of drug-likeness (QED) is 0.126. The Bertz CT molecular complexity index is 687. The first-order valence-corrected chi connectivity index (χ1v) is 13.7. The van der Waals surface area contributed by atoms with Gasteiger partial charge in [0.25, 0.3) is 0 Å². The first-order valence-electron chi connectivity index (χ1n) is 13.7. The van der Waals surface area contributed by atoms with E-state index in [1.807, 2.05) is 13.8 Å². The Morgan fingerprint density at radius 3 is 2.18 bits per heavy atom. The smallest absolute Gasteiger partial charge is 0.187 e. The summed E-state index contributed by atoms with van der Waals surface area (Å²) in [6.07, 6.45) is -11.2. The van der Waals surface area contributed by atoms with E-state index in [0.717, 1.165) is 25.8 Å².